The number of ether oxygens (including phenoxy) is 1. The summed E-state index contributed by atoms with van der Waals surface area (Å²) in [6, 6.07) is 16.8. The first-order valence-electron chi connectivity index (χ1n) is 7.81. The lowest BCUT2D eigenvalue weighted by atomic mass is 10.0. The molecule has 2 nitrogen and oxygen atoms in total. The lowest BCUT2D eigenvalue weighted by Crippen LogP contribution is -2.21. The van der Waals surface area contributed by atoms with Crippen molar-refractivity contribution in [2.75, 3.05) is 6.54 Å². The van der Waals surface area contributed by atoms with E-state index in [-0.39, 0.29) is 0 Å². The van der Waals surface area contributed by atoms with Crippen molar-refractivity contribution in [2.24, 2.45) is 0 Å². The van der Waals surface area contributed by atoms with Crippen LogP contribution in [-0.4, -0.2) is 6.54 Å². The van der Waals surface area contributed by atoms with Gasteiger partial charge in [-0.25, -0.2) is 0 Å². The van der Waals surface area contributed by atoms with E-state index in [0.29, 0.717) is 6.04 Å². The van der Waals surface area contributed by atoms with Crippen LogP contribution in [0.1, 0.15) is 43.9 Å². The Labute approximate surface area is 128 Å². The third kappa shape index (κ3) is 4.33. The lowest BCUT2D eigenvalue weighted by Gasteiger charge is -2.20. The summed E-state index contributed by atoms with van der Waals surface area (Å²) in [6.45, 7) is 7.50. The van der Waals surface area contributed by atoms with Crippen LogP contribution in [0.2, 0.25) is 0 Å². The molecule has 0 aliphatic rings. The molecule has 112 valence electrons. The zero-order chi connectivity index (χ0) is 15.1. The molecule has 2 rings (SSSR count). The molecule has 0 aromatic heterocycles. The SMILES string of the molecule is CCCNC(CC)c1ccccc1Oc1cccc(C)c1. The van der Waals surface area contributed by atoms with Crippen molar-refractivity contribution in [1.29, 1.82) is 0 Å². The molecule has 0 saturated heterocycles. The molecule has 2 aromatic rings. The minimum Gasteiger partial charge on any atom is -0.457 e. The Bertz CT molecular complexity index is 565. The molecule has 0 aliphatic heterocycles. The van der Waals surface area contributed by atoms with Crippen molar-refractivity contribution in [3.63, 3.8) is 0 Å². The molecule has 1 atom stereocenters. The van der Waals surface area contributed by atoms with Crippen molar-refractivity contribution in [3.8, 4) is 11.5 Å². The first kappa shape index (κ1) is 15.6. The van der Waals surface area contributed by atoms with Crippen LogP contribution in [0.5, 0.6) is 11.5 Å². The van der Waals surface area contributed by atoms with Crippen molar-refractivity contribution in [3.05, 3.63) is 59.7 Å². The molecular formula is C19H25NO. The maximum atomic E-state index is 6.11. The lowest BCUT2D eigenvalue weighted by molar-refractivity contribution is 0.449. The molecule has 1 N–H and O–H groups in total. The van der Waals surface area contributed by atoms with Gasteiger partial charge in [0, 0.05) is 11.6 Å². The van der Waals surface area contributed by atoms with Crippen molar-refractivity contribution >= 4 is 0 Å². The van der Waals surface area contributed by atoms with Gasteiger partial charge in [-0.1, -0.05) is 44.2 Å². The molecule has 0 amide bonds. The average Bonchev–Trinajstić information content (AvgIpc) is 2.49. The van der Waals surface area contributed by atoms with Gasteiger partial charge in [-0.3, -0.25) is 0 Å². The molecule has 21 heavy (non-hydrogen) atoms. The van der Waals surface area contributed by atoms with E-state index >= 15 is 0 Å². The predicted molar refractivity (Wildman–Crippen MR) is 89.0 cm³/mol. The Hall–Kier alpha value is -1.80. The molecule has 0 bridgehead atoms. The second-order valence-electron chi connectivity index (χ2n) is 5.37. The number of aryl methyl sites for hydroxylation is 1. The minimum absolute atomic E-state index is 0.339. The second-order valence-corrected chi connectivity index (χ2v) is 5.37. The zero-order valence-electron chi connectivity index (χ0n) is 13.2. The summed E-state index contributed by atoms with van der Waals surface area (Å²) >= 11 is 0. The molecule has 0 spiro atoms. The third-order valence-corrected chi connectivity index (χ3v) is 3.56. The van der Waals surface area contributed by atoms with E-state index in [1.807, 2.05) is 24.3 Å². The molecule has 0 radical (unpaired) electrons. The van der Waals surface area contributed by atoms with Crippen molar-refractivity contribution in [1.82, 2.24) is 5.32 Å². The van der Waals surface area contributed by atoms with Crippen LogP contribution in [0, 0.1) is 6.92 Å². The number of rotatable bonds is 7. The summed E-state index contributed by atoms with van der Waals surface area (Å²) in [5.74, 6) is 1.84. The standard InChI is InChI=1S/C19H25NO/c1-4-13-20-18(5-2)17-11-6-7-12-19(17)21-16-10-8-9-15(3)14-16/h6-12,14,18,20H,4-5,13H2,1-3H3. The highest BCUT2D eigenvalue weighted by atomic mass is 16.5. The van der Waals surface area contributed by atoms with Crippen LogP contribution < -0.4 is 10.1 Å². The monoisotopic (exact) mass is 283 g/mol. The fourth-order valence-electron chi connectivity index (χ4n) is 2.46. The van der Waals surface area contributed by atoms with Crippen LogP contribution in [-0.2, 0) is 0 Å². The van der Waals surface area contributed by atoms with E-state index in [9.17, 15) is 0 Å². The third-order valence-electron chi connectivity index (χ3n) is 3.56. The van der Waals surface area contributed by atoms with E-state index in [2.05, 4.69) is 50.4 Å². The summed E-state index contributed by atoms with van der Waals surface area (Å²) in [6.07, 6.45) is 2.19. The quantitative estimate of drug-likeness (QED) is 0.750. The molecule has 2 aromatic carbocycles. The molecule has 1 unspecified atom stereocenters. The van der Waals surface area contributed by atoms with Gasteiger partial charge in [0.05, 0.1) is 0 Å². The highest BCUT2D eigenvalue weighted by Gasteiger charge is 2.14. The smallest absolute Gasteiger partial charge is 0.132 e. The Kier molecular flexibility index (Phi) is 5.82. The number of nitrogens with one attached hydrogen (secondary N) is 1. The Morgan fingerprint density at radius 1 is 1.05 bits per heavy atom. The van der Waals surface area contributed by atoms with E-state index in [1.54, 1.807) is 0 Å². The number of hydrogen-bond acceptors (Lipinski definition) is 2. The molecule has 0 fully saturated rings. The van der Waals surface area contributed by atoms with Gasteiger partial charge >= 0.3 is 0 Å². The van der Waals surface area contributed by atoms with Gasteiger partial charge in [-0.15, -0.1) is 0 Å². The van der Waals surface area contributed by atoms with E-state index in [4.69, 9.17) is 4.74 Å². The van der Waals surface area contributed by atoms with Crippen LogP contribution in [0.25, 0.3) is 0 Å². The fraction of sp³-hybridized carbons (Fsp3) is 0.368. The van der Waals surface area contributed by atoms with Gasteiger partial charge in [0.15, 0.2) is 0 Å². The maximum Gasteiger partial charge on any atom is 0.132 e. The fourth-order valence-corrected chi connectivity index (χ4v) is 2.46. The number of hydrogen-bond donors (Lipinski definition) is 1. The van der Waals surface area contributed by atoms with Crippen molar-refractivity contribution < 1.29 is 4.74 Å². The van der Waals surface area contributed by atoms with Gasteiger partial charge in [0.1, 0.15) is 11.5 Å². The zero-order valence-corrected chi connectivity index (χ0v) is 13.2. The summed E-state index contributed by atoms with van der Waals surface area (Å²) in [4.78, 5) is 0. The predicted octanol–water partition coefficient (Wildman–Crippen LogP) is 5.24. The molecule has 0 aliphatic carbocycles. The minimum atomic E-state index is 0.339. The van der Waals surface area contributed by atoms with Crippen LogP contribution in [0.15, 0.2) is 48.5 Å². The first-order chi connectivity index (χ1) is 10.2. The van der Waals surface area contributed by atoms with Gasteiger partial charge in [-0.05, 0) is 50.1 Å². The summed E-state index contributed by atoms with van der Waals surface area (Å²) < 4.78 is 6.11. The van der Waals surface area contributed by atoms with Gasteiger partial charge in [-0.2, -0.15) is 0 Å². The largest absolute Gasteiger partial charge is 0.457 e. The summed E-state index contributed by atoms with van der Waals surface area (Å²) in [5, 5.41) is 3.59. The summed E-state index contributed by atoms with van der Waals surface area (Å²) in [7, 11) is 0. The van der Waals surface area contributed by atoms with Gasteiger partial charge in [0.2, 0.25) is 0 Å². The first-order valence-corrected chi connectivity index (χ1v) is 7.81. The molecular weight excluding hydrogens is 258 g/mol. The highest BCUT2D eigenvalue weighted by Crippen LogP contribution is 2.31. The molecule has 2 heteroatoms. The number of benzene rings is 2. The van der Waals surface area contributed by atoms with Crippen LogP contribution >= 0.6 is 0 Å². The summed E-state index contributed by atoms with van der Waals surface area (Å²) in [5.41, 5.74) is 2.44. The number of para-hydroxylation sites is 1. The van der Waals surface area contributed by atoms with E-state index in [1.165, 1.54) is 11.1 Å². The van der Waals surface area contributed by atoms with Gasteiger partial charge < -0.3 is 10.1 Å². The maximum absolute atomic E-state index is 6.11. The van der Waals surface area contributed by atoms with Gasteiger partial charge in [0.25, 0.3) is 0 Å². The van der Waals surface area contributed by atoms with Crippen LogP contribution in [0.3, 0.4) is 0 Å². The molecule has 0 saturated carbocycles. The Morgan fingerprint density at radius 2 is 1.86 bits per heavy atom. The topological polar surface area (TPSA) is 21.3 Å². The Balaban J connectivity index is 2.23. The average molecular weight is 283 g/mol. The molecule has 0 heterocycles. The van der Waals surface area contributed by atoms with Crippen LogP contribution in [0.4, 0.5) is 0 Å². The van der Waals surface area contributed by atoms with E-state index in [0.717, 1.165) is 30.9 Å². The van der Waals surface area contributed by atoms with E-state index < -0.39 is 0 Å². The van der Waals surface area contributed by atoms with Crippen molar-refractivity contribution in [2.45, 2.75) is 39.7 Å². The Morgan fingerprint density at radius 3 is 2.57 bits per heavy atom. The highest BCUT2D eigenvalue weighted by molar-refractivity contribution is 5.40. The normalized spacial score (nSPS) is 12.1. The second kappa shape index (κ2) is 7.84.